The molecule has 8 heteroatoms. The SMILES string of the molecule is Cc1cc(NC(=S)NC(=O)c2cc(Br)ccc2OCCc2ccccc2)ccc1NC(=O)c1ccccc1. The molecular weight excluding hydrogens is 562 g/mol. The average Bonchev–Trinajstić information content (AvgIpc) is 2.92. The Kier molecular flexibility index (Phi) is 9.24. The van der Waals surface area contributed by atoms with Crippen molar-refractivity contribution in [2.45, 2.75) is 13.3 Å². The van der Waals surface area contributed by atoms with Gasteiger partial charge in [0.1, 0.15) is 5.75 Å². The summed E-state index contributed by atoms with van der Waals surface area (Å²) in [6.07, 6.45) is 0.721. The van der Waals surface area contributed by atoms with Crippen LogP contribution in [0.3, 0.4) is 0 Å². The minimum atomic E-state index is -0.387. The first kappa shape index (κ1) is 27.0. The van der Waals surface area contributed by atoms with E-state index in [2.05, 4.69) is 31.9 Å². The van der Waals surface area contributed by atoms with Crippen molar-refractivity contribution in [2.24, 2.45) is 0 Å². The molecule has 0 radical (unpaired) electrons. The van der Waals surface area contributed by atoms with Gasteiger partial charge in [0.05, 0.1) is 12.2 Å². The Hall–Kier alpha value is -4.01. The molecule has 0 saturated heterocycles. The summed E-state index contributed by atoms with van der Waals surface area (Å²) in [5.41, 5.74) is 4.31. The number of aryl methyl sites for hydroxylation is 1. The molecule has 0 saturated carbocycles. The van der Waals surface area contributed by atoms with E-state index in [0.29, 0.717) is 34.9 Å². The van der Waals surface area contributed by atoms with Crippen LogP contribution >= 0.6 is 28.1 Å². The summed E-state index contributed by atoms with van der Waals surface area (Å²) in [6.45, 7) is 2.31. The van der Waals surface area contributed by atoms with E-state index in [1.807, 2.05) is 67.6 Å². The highest BCUT2D eigenvalue weighted by Gasteiger charge is 2.16. The molecule has 2 amide bonds. The lowest BCUT2D eigenvalue weighted by molar-refractivity contribution is 0.0972. The number of hydrogen-bond acceptors (Lipinski definition) is 4. The lowest BCUT2D eigenvalue weighted by atomic mass is 10.1. The van der Waals surface area contributed by atoms with Crippen LogP contribution in [0.1, 0.15) is 31.8 Å². The molecule has 4 aromatic rings. The zero-order valence-corrected chi connectivity index (χ0v) is 23.1. The Labute approximate surface area is 235 Å². The van der Waals surface area contributed by atoms with Crippen LogP contribution in [0.5, 0.6) is 5.75 Å². The number of rotatable bonds is 8. The molecule has 0 aromatic heterocycles. The third kappa shape index (κ3) is 7.50. The van der Waals surface area contributed by atoms with Gasteiger partial charge in [-0.05, 0) is 78.8 Å². The normalized spacial score (nSPS) is 10.4. The molecule has 4 aromatic carbocycles. The maximum absolute atomic E-state index is 13.0. The van der Waals surface area contributed by atoms with Gasteiger partial charge in [0.25, 0.3) is 11.8 Å². The number of anilines is 2. The number of halogens is 1. The summed E-state index contributed by atoms with van der Waals surface area (Å²) in [4.78, 5) is 25.5. The standard InChI is InChI=1S/C30H26BrN3O3S/c1-20-18-24(13-14-26(20)33-28(35)22-10-6-3-7-11-22)32-30(38)34-29(36)25-19-23(31)12-15-27(25)37-17-16-21-8-4-2-5-9-21/h2-15,18-19H,16-17H2,1H3,(H,33,35)(H2,32,34,36,38). The molecule has 0 aliphatic heterocycles. The minimum absolute atomic E-state index is 0.144. The maximum atomic E-state index is 13.0. The summed E-state index contributed by atoms with van der Waals surface area (Å²) in [7, 11) is 0. The predicted octanol–water partition coefficient (Wildman–Crippen LogP) is 6.76. The molecule has 192 valence electrons. The Balaban J connectivity index is 1.36. The number of amides is 2. The van der Waals surface area contributed by atoms with Crippen molar-refractivity contribution in [2.75, 3.05) is 17.2 Å². The van der Waals surface area contributed by atoms with Crippen LogP contribution in [0.4, 0.5) is 11.4 Å². The monoisotopic (exact) mass is 587 g/mol. The maximum Gasteiger partial charge on any atom is 0.261 e. The van der Waals surface area contributed by atoms with Crippen LogP contribution in [0.25, 0.3) is 0 Å². The van der Waals surface area contributed by atoms with Gasteiger partial charge in [0.15, 0.2) is 5.11 Å². The van der Waals surface area contributed by atoms with Gasteiger partial charge >= 0.3 is 0 Å². The summed E-state index contributed by atoms with van der Waals surface area (Å²) >= 11 is 8.81. The fourth-order valence-electron chi connectivity index (χ4n) is 3.73. The zero-order chi connectivity index (χ0) is 26.9. The smallest absolute Gasteiger partial charge is 0.261 e. The van der Waals surface area contributed by atoms with E-state index in [0.717, 1.165) is 22.0 Å². The molecule has 0 unspecified atom stereocenters. The summed E-state index contributed by atoms with van der Waals surface area (Å²) in [5, 5.41) is 8.80. The molecule has 4 rings (SSSR count). The molecular formula is C30H26BrN3O3S. The number of nitrogens with one attached hydrogen (secondary N) is 3. The van der Waals surface area contributed by atoms with Crippen molar-refractivity contribution in [3.63, 3.8) is 0 Å². The Morgan fingerprint density at radius 1 is 0.842 bits per heavy atom. The number of thiocarbonyl (C=S) groups is 1. The summed E-state index contributed by atoms with van der Waals surface area (Å²) < 4.78 is 6.68. The average molecular weight is 589 g/mol. The van der Waals surface area contributed by atoms with Gasteiger partial charge in [-0.25, -0.2) is 0 Å². The molecule has 0 aliphatic rings. The Bertz CT molecular complexity index is 1450. The van der Waals surface area contributed by atoms with E-state index in [1.54, 1.807) is 36.4 Å². The van der Waals surface area contributed by atoms with E-state index in [1.165, 1.54) is 0 Å². The van der Waals surface area contributed by atoms with Crippen molar-refractivity contribution < 1.29 is 14.3 Å². The van der Waals surface area contributed by atoms with Crippen LogP contribution in [-0.2, 0) is 6.42 Å². The summed E-state index contributed by atoms with van der Waals surface area (Å²) in [6, 6.07) is 29.7. The van der Waals surface area contributed by atoms with Gasteiger partial charge in [0, 0.05) is 27.8 Å². The van der Waals surface area contributed by atoms with E-state index < -0.39 is 0 Å². The van der Waals surface area contributed by atoms with E-state index in [4.69, 9.17) is 17.0 Å². The number of carbonyl (C=O) groups excluding carboxylic acids is 2. The topological polar surface area (TPSA) is 79.5 Å². The van der Waals surface area contributed by atoms with Crippen molar-refractivity contribution >= 4 is 56.4 Å². The first-order valence-electron chi connectivity index (χ1n) is 11.9. The molecule has 0 aliphatic carbocycles. The third-order valence-corrected chi connectivity index (χ3v) is 6.37. The molecule has 3 N–H and O–H groups in total. The molecule has 6 nitrogen and oxygen atoms in total. The molecule has 0 atom stereocenters. The Morgan fingerprint density at radius 3 is 2.26 bits per heavy atom. The predicted molar refractivity (Wildman–Crippen MR) is 159 cm³/mol. The van der Waals surface area contributed by atoms with E-state index in [9.17, 15) is 9.59 Å². The lowest BCUT2D eigenvalue weighted by Crippen LogP contribution is -2.34. The van der Waals surface area contributed by atoms with Gasteiger partial charge in [-0.3, -0.25) is 14.9 Å². The largest absolute Gasteiger partial charge is 0.492 e. The van der Waals surface area contributed by atoms with Crippen LogP contribution in [0.2, 0.25) is 0 Å². The lowest BCUT2D eigenvalue weighted by Gasteiger charge is -2.15. The molecule has 0 spiro atoms. The van der Waals surface area contributed by atoms with Crippen LogP contribution in [-0.4, -0.2) is 23.5 Å². The van der Waals surface area contributed by atoms with Gasteiger partial charge in [0.2, 0.25) is 0 Å². The fraction of sp³-hybridized carbons (Fsp3) is 0.100. The fourth-order valence-corrected chi connectivity index (χ4v) is 4.30. The van der Waals surface area contributed by atoms with E-state index in [-0.39, 0.29) is 16.9 Å². The van der Waals surface area contributed by atoms with Gasteiger partial charge in [-0.1, -0.05) is 64.5 Å². The minimum Gasteiger partial charge on any atom is -0.492 e. The highest BCUT2D eigenvalue weighted by atomic mass is 79.9. The molecule has 0 heterocycles. The van der Waals surface area contributed by atoms with E-state index >= 15 is 0 Å². The number of hydrogen-bond donors (Lipinski definition) is 3. The second-order valence-electron chi connectivity index (χ2n) is 8.48. The molecule has 0 fully saturated rings. The quantitative estimate of drug-likeness (QED) is 0.198. The van der Waals surface area contributed by atoms with Crippen LogP contribution in [0.15, 0.2) is 102 Å². The van der Waals surface area contributed by atoms with Gasteiger partial charge < -0.3 is 15.4 Å². The molecule has 38 heavy (non-hydrogen) atoms. The second-order valence-corrected chi connectivity index (χ2v) is 9.81. The first-order valence-corrected chi connectivity index (χ1v) is 13.1. The van der Waals surface area contributed by atoms with Crippen LogP contribution in [0, 0.1) is 6.92 Å². The third-order valence-electron chi connectivity index (χ3n) is 5.67. The van der Waals surface area contributed by atoms with Gasteiger partial charge in [-0.2, -0.15) is 0 Å². The number of benzene rings is 4. The van der Waals surface area contributed by atoms with Crippen molar-refractivity contribution in [3.05, 3.63) is 124 Å². The van der Waals surface area contributed by atoms with Crippen molar-refractivity contribution in [3.8, 4) is 5.75 Å². The Morgan fingerprint density at radius 2 is 1.55 bits per heavy atom. The van der Waals surface area contributed by atoms with Crippen LogP contribution < -0.4 is 20.7 Å². The highest BCUT2D eigenvalue weighted by Crippen LogP contribution is 2.24. The molecule has 0 bridgehead atoms. The number of carbonyl (C=O) groups is 2. The van der Waals surface area contributed by atoms with Crippen molar-refractivity contribution in [1.29, 1.82) is 0 Å². The second kappa shape index (κ2) is 13.0. The van der Waals surface area contributed by atoms with Crippen molar-refractivity contribution in [1.82, 2.24) is 5.32 Å². The number of ether oxygens (including phenoxy) is 1. The van der Waals surface area contributed by atoms with Gasteiger partial charge in [-0.15, -0.1) is 0 Å². The summed E-state index contributed by atoms with van der Waals surface area (Å²) in [5.74, 6) is -0.103. The highest BCUT2D eigenvalue weighted by molar-refractivity contribution is 9.10. The first-order chi connectivity index (χ1) is 18.4. The zero-order valence-electron chi connectivity index (χ0n) is 20.7.